The van der Waals surface area contributed by atoms with Crippen LogP contribution >= 0.6 is 0 Å². The van der Waals surface area contributed by atoms with Crippen molar-refractivity contribution in [1.82, 2.24) is 5.32 Å². The third-order valence-electron chi connectivity index (χ3n) is 1.73. The molecule has 0 bridgehead atoms. The molecule has 86 valence electrons. The van der Waals surface area contributed by atoms with Gasteiger partial charge in [0.2, 0.25) is 5.91 Å². The Kier molecular flexibility index (Phi) is 7.92. The first-order valence-electron chi connectivity index (χ1n) is 4.45. The minimum atomic E-state index is -0.214. The summed E-state index contributed by atoms with van der Waals surface area (Å²) in [5.74, 6) is -0.214. The molecule has 15 heavy (non-hydrogen) atoms. The molecule has 0 radical (unpaired) electrons. The number of likely N-dealkylation sites (N-methyl/N-ethyl adjacent to an activating group) is 1. The largest absolute Gasteiger partial charge is 1.00 e. The molecule has 0 saturated heterocycles. The molecule has 0 aromatic carbocycles. The monoisotopic (exact) mass is 230 g/mol. The predicted molar refractivity (Wildman–Crippen MR) is 59.5 cm³/mol. The van der Waals surface area contributed by atoms with Crippen molar-refractivity contribution in [2.75, 3.05) is 27.2 Å². The predicted octanol–water partition coefficient (Wildman–Crippen LogP) is -1.93. The number of halogens is 1. The van der Waals surface area contributed by atoms with Crippen molar-refractivity contribution < 1.29 is 21.7 Å². The third-order valence-corrected chi connectivity index (χ3v) is 1.73. The van der Waals surface area contributed by atoms with Gasteiger partial charge in [-0.15, -0.1) is 0 Å². The van der Waals surface area contributed by atoms with Crippen LogP contribution < -0.4 is 17.7 Å². The Morgan fingerprint density at radius 2 is 1.93 bits per heavy atom. The van der Waals surface area contributed by atoms with E-state index in [4.69, 9.17) is 0 Å². The molecule has 0 rings (SSSR count). The number of hydrogen-bond donors (Lipinski definition) is 1. The zero-order valence-corrected chi connectivity index (χ0v) is 10.2. The van der Waals surface area contributed by atoms with Gasteiger partial charge < -0.3 is 22.2 Å². The van der Waals surface area contributed by atoms with E-state index < -0.39 is 0 Å². The summed E-state index contributed by atoms with van der Waals surface area (Å²) in [5.41, 5.74) is 0.696. The Morgan fingerprint density at radius 1 is 1.40 bits per heavy atom. The van der Waals surface area contributed by atoms with E-state index in [0.717, 1.165) is 11.0 Å². The highest BCUT2D eigenvalue weighted by molar-refractivity contribution is 5.88. The number of nitrogens with one attached hydrogen (secondary N) is 1. The van der Waals surface area contributed by atoms with Gasteiger partial charge in [0, 0.05) is 0 Å². The number of nitrogens with zero attached hydrogens (tertiary/aromatic N) is 1. The molecule has 0 fully saturated rings. The Balaban J connectivity index is 0. The second kappa shape index (κ2) is 7.26. The van der Waals surface area contributed by atoms with Gasteiger partial charge in [-0.25, -0.2) is 0 Å². The molecule has 0 atom stereocenters. The number of carbonyl (C=O) groups is 1. The molecular formula is C11H19ClN2O. The zero-order valence-electron chi connectivity index (χ0n) is 9.42. The molecule has 1 N–H and O–H groups in total. The first-order valence-corrected chi connectivity index (χ1v) is 4.45. The highest BCUT2D eigenvalue weighted by atomic mass is 35.5. The van der Waals surface area contributed by atoms with E-state index >= 15 is 0 Å². The minimum Gasteiger partial charge on any atom is -1.00 e. The Bertz CT molecular complexity index is 259. The lowest BCUT2D eigenvalue weighted by molar-refractivity contribution is -0.879. The van der Waals surface area contributed by atoms with Crippen molar-refractivity contribution >= 4 is 5.91 Å². The van der Waals surface area contributed by atoms with Gasteiger partial charge in [0.25, 0.3) is 0 Å². The highest BCUT2D eigenvalue weighted by Gasteiger charge is 2.14. The number of quaternary nitrogens is 1. The van der Waals surface area contributed by atoms with Crippen molar-refractivity contribution in [1.29, 1.82) is 0 Å². The maximum atomic E-state index is 10.9. The normalized spacial score (nSPS) is 9.73. The van der Waals surface area contributed by atoms with Crippen molar-refractivity contribution in [3.8, 4) is 0 Å². The van der Waals surface area contributed by atoms with E-state index in [1.807, 2.05) is 20.2 Å². The lowest BCUT2D eigenvalue weighted by Gasteiger charge is -2.29. The molecule has 0 spiro atoms. The van der Waals surface area contributed by atoms with Gasteiger partial charge >= 0.3 is 0 Å². The molecule has 0 aromatic rings. The van der Waals surface area contributed by atoms with Crippen LogP contribution in [0.15, 0.2) is 37.6 Å². The topological polar surface area (TPSA) is 29.1 Å². The van der Waals surface area contributed by atoms with Gasteiger partial charge in [-0.2, -0.15) is 0 Å². The second-order valence-electron chi connectivity index (χ2n) is 3.86. The van der Waals surface area contributed by atoms with Crippen LogP contribution in [0.4, 0.5) is 0 Å². The lowest BCUT2D eigenvalue weighted by atomic mass is 10.3. The average Bonchev–Trinajstić information content (AvgIpc) is 2.02. The second-order valence-corrected chi connectivity index (χ2v) is 3.86. The van der Waals surface area contributed by atoms with Crippen LogP contribution in [0.2, 0.25) is 0 Å². The summed E-state index contributed by atoms with van der Waals surface area (Å²) in [5, 5.41) is 2.64. The summed E-state index contributed by atoms with van der Waals surface area (Å²) in [7, 11) is 4.10. The van der Waals surface area contributed by atoms with Gasteiger partial charge in [0.1, 0.15) is 6.54 Å². The molecule has 0 aromatic heterocycles. The fourth-order valence-electron chi connectivity index (χ4n) is 1.20. The highest BCUT2D eigenvalue weighted by Crippen LogP contribution is 2.00. The van der Waals surface area contributed by atoms with Crippen molar-refractivity contribution in [2.24, 2.45) is 0 Å². The van der Waals surface area contributed by atoms with Crippen LogP contribution in [0, 0.1) is 0 Å². The van der Waals surface area contributed by atoms with Gasteiger partial charge in [-0.3, -0.25) is 4.79 Å². The summed E-state index contributed by atoms with van der Waals surface area (Å²) in [6.45, 7) is 12.4. The van der Waals surface area contributed by atoms with Gasteiger partial charge in [-0.1, -0.05) is 19.7 Å². The van der Waals surface area contributed by atoms with Gasteiger partial charge in [0.15, 0.2) is 0 Å². The summed E-state index contributed by atoms with van der Waals surface area (Å²) in [6.07, 6.45) is 3.08. The fraction of sp³-hybridized carbons (Fsp3) is 0.364. The zero-order chi connectivity index (χ0) is 11.2. The van der Waals surface area contributed by atoms with Gasteiger partial charge in [0.05, 0.1) is 26.3 Å². The quantitative estimate of drug-likeness (QED) is 0.322. The molecule has 0 saturated carbocycles. The third kappa shape index (κ3) is 7.97. The molecule has 4 heteroatoms. The first kappa shape index (κ1) is 16.4. The van der Waals surface area contributed by atoms with Crippen molar-refractivity contribution in [2.45, 2.75) is 0 Å². The lowest BCUT2D eigenvalue weighted by Crippen LogP contribution is -3.00. The fourth-order valence-corrected chi connectivity index (χ4v) is 1.20. The average molecular weight is 231 g/mol. The van der Waals surface area contributed by atoms with E-state index in [-0.39, 0.29) is 18.3 Å². The standard InChI is InChI=1S/C11H18N2O.ClH/c1-6-8-13(4,5)9-10(3)12-11(14)7-2;/h6-7H,1-3,8-9H2,4-5H3;1H. The minimum absolute atomic E-state index is 0. The van der Waals surface area contributed by atoms with Crippen molar-refractivity contribution in [3.63, 3.8) is 0 Å². The van der Waals surface area contributed by atoms with E-state index in [1.54, 1.807) is 0 Å². The SMILES string of the molecule is C=CC[N+](C)(C)CC(=C)NC(=O)C=C.[Cl-]. The molecule has 0 aliphatic heterocycles. The maximum Gasteiger partial charge on any atom is 0.247 e. The van der Waals surface area contributed by atoms with Crippen LogP contribution in [-0.2, 0) is 4.79 Å². The number of rotatable bonds is 6. The summed E-state index contributed by atoms with van der Waals surface area (Å²) in [6, 6.07) is 0. The van der Waals surface area contributed by atoms with Crippen LogP contribution in [0.25, 0.3) is 0 Å². The van der Waals surface area contributed by atoms with Crippen LogP contribution in [0.3, 0.4) is 0 Å². The van der Waals surface area contributed by atoms with E-state index in [2.05, 4.69) is 25.1 Å². The molecule has 0 aliphatic carbocycles. The Hall–Kier alpha value is -1.06. The van der Waals surface area contributed by atoms with E-state index in [1.165, 1.54) is 6.08 Å². The summed E-state index contributed by atoms with van der Waals surface area (Å²) < 4.78 is 0.722. The van der Waals surface area contributed by atoms with E-state index in [9.17, 15) is 4.79 Å². The van der Waals surface area contributed by atoms with Crippen LogP contribution in [0.1, 0.15) is 0 Å². The molecule has 0 unspecified atom stereocenters. The molecule has 0 aliphatic rings. The first-order chi connectivity index (χ1) is 6.41. The molecule has 3 nitrogen and oxygen atoms in total. The molecule has 1 amide bonds. The van der Waals surface area contributed by atoms with Gasteiger partial charge in [-0.05, 0) is 12.2 Å². The van der Waals surface area contributed by atoms with Crippen LogP contribution in [0.5, 0.6) is 0 Å². The summed E-state index contributed by atoms with van der Waals surface area (Å²) in [4.78, 5) is 10.9. The maximum absolute atomic E-state index is 10.9. The Morgan fingerprint density at radius 3 is 2.33 bits per heavy atom. The van der Waals surface area contributed by atoms with Crippen molar-refractivity contribution in [3.05, 3.63) is 37.6 Å². The van der Waals surface area contributed by atoms with Crippen LogP contribution in [-0.4, -0.2) is 37.6 Å². The van der Waals surface area contributed by atoms with E-state index in [0.29, 0.717) is 12.2 Å². The summed E-state index contributed by atoms with van der Waals surface area (Å²) >= 11 is 0. The smallest absolute Gasteiger partial charge is 0.247 e. The Labute approximate surface area is 98.2 Å². The number of carbonyl (C=O) groups excluding carboxylic acids is 1. The molecule has 0 heterocycles. The molecular weight excluding hydrogens is 212 g/mol. The number of hydrogen-bond acceptors (Lipinski definition) is 1. The number of amides is 1.